The van der Waals surface area contributed by atoms with E-state index in [1.54, 1.807) is 0 Å². The number of carbonyl (C=O) groups is 1. The second-order valence-electron chi connectivity index (χ2n) is 5.69. The number of rotatable bonds is 3. The normalized spacial score (nSPS) is 21.3. The lowest BCUT2D eigenvalue weighted by atomic mass is 9.80. The molecule has 2 aromatic rings. The molecule has 114 valence electrons. The number of amides is 1. The highest BCUT2D eigenvalue weighted by atomic mass is 16.2. The molecule has 1 aliphatic rings. The standard InChI is InChI=1S/C17H19N3O2/c21-16-11-18-10-15(19-16)17(22)20-14-9-5-4-8-13(14)12-6-2-1-3-7-12/h1-3,6-7,10-11,13-14H,4-5,8-9H2,(H,19,21)(H,20,22)/t13-,14+/m0/s1. The molecule has 5 nitrogen and oxygen atoms in total. The molecule has 1 amide bonds. The molecular formula is C17H19N3O2. The van der Waals surface area contributed by atoms with Crippen LogP contribution in [0.25, 0.3) is 0 Å². The van der Waals surface area contributed by atoms with E-state index in [0.717, 1.165) is 25.5 Å². The molecule has 2 atom stereocenters. The summed E-state index contributed by atoms with van der Waals surface area (Å²) in [5, 5.41) is 3.06. The lowest BCUT2D eigenvalue weighted by Gasteiger charge is -2.32. The predicted molar refractivity (Wildman–Crippen MR) is 83.8 cm³/mol. The fraction of sp³-hybridized carbons (Fsp3) is 0.353. The number of benzene rings is 1. The molecule has 1 fully saturated rings. The number of H-pyrrole nitrogens is 1. The predicted octanol–water partition coefficient (Wildman–Crippen LogP) is 2.23. The summed E-state index contributed by atoms with van der Waals surface area (Å²) in [6, 6.07) is 10.4. The van der Waals surface area contributed by atoms with Crippen LogP contribution in [0.15, 0.2) is 47.5 Å². The van der Waals surface area contributed by atoms with Crippen molar-refractivity contribution in [1.82, 2.24) is 15.3 Å². The van der Waals surface area contributed by atoms with Gasteiger partial charge in [-0.1, -0.05) is 43.2 Å². The van der Waals surface area contributed by atoms with Gasteiger partial charge in [-0.15, -0.1) is 0 Å². The molecule has 0 spiro atoms. The van der Waals surface area contributed by atoms with Gasteiger partial charge in [0.15, 0.2) is 0 Å². The Balaban J connectivity index is 1.77. The van der Waals surface area contributed by atoms with Gasteiger partial charge in [0.25, 0.3) is 11.5 Å². The van der Waals surface area contributed by atoms with Crippen molar-refractivity contribution in [2.24, 2.45) is 0 Å². The number of nitrogens with zero attached hydrogens (tertiary/aromatic N) is 1. The van der Waals surface area contributed by atoms with Crippen molar-refractivity contribution in [3.63, 3.8) is 0 Å². The van der Waals surface area contributed by atoms with Crippen LogP contribution in [-0.2, 0) is 0 Å². The summed E-state index contributed by atoms with van der Waals surface area (Å²) in [5.74, 6) is 0.0559. The minimum absolute atomic E-state index is 0.0901. The number of carbonyl (C=O) groups excluding carboxylic acids is 1. The van der Waals surface area contributed by atoms with Crippen molar-refractivity contribution < 1.29 is 4.79 Å². The monoisotopic (exact) mass is 297 g/mol. The van der Waals surface area contributed by atoms with E-state index >= 15 is 0 Å². The van der Waals surface area contributed by atoms with Gasteiger partial charge in [0.1, 0.15) is 5.69 Å². The van der Waals surface area contributed by atoms with E-state index in [-0.39, 0.29) is 23.2 Å². The first kappa shape index (κ1) is 14.5. The fourth-order valence-corrected chi connectivity index (χ4v) is 3.14. The molecule has 0 radical (unpaired) electrons. The van der Waals surface area contributed by atoms with E-state index in [2.05, 4.69) is 27.4 Å². The first-order chi connectivity index (χ1) is 10.7. The Kier molecular flexibility index (Phi) is 4.32. The second-order valence-corrected chi connectivity index (χ2v) is 5.69. The van der Waals surface area contributed by atoms with Crippen LogP contribution in [0, 0.1) is 0 Å². The number of nitrogens with one attached hydrogen (secondary N) is 2. The van der Waals surface area contributed by atoms with Crippen LogP contribution in [0.5, 0.6) is 0 Å². The Morgan fingerprint density at radius 2 is 1.91 bits per heavy atom. The van der Waals surface area contributed by atoms with E-state index in [1.807, 2.05) is 18.2 Å². The maximum Gasteiger partial charge on any atom is 0.269 e. The third kappa shape index (κ3) is 3.24. The Bertz CT molecular complexity index is 696. The average Bonchev–Trinajstić information content (AvgIpc) is 2.56. The number of hydrogen-bond donors (Lipinski definition) is 2. The molecule has 3 rings (SSSR count). The lowest BCUT2D eigenvalue weighted by molar-refractivity contribution is 0.0915. The molecule has 0 saturated heterocycles. The van der Waals surface area contributed by atoms with Gasteiger partial charge in [-0.2, -0.15) is 0 Å². The number of aromatic nitrogens is 2. The molecule has 1 aromatic heterocycles. The summed E-state index contributed by atoms with van der Waals surface area (Å²) in [7, 11) is 0. The number of aromatic amines is 1. The van der Waals surface area contributed by atoms with Gasteiger partial charge in [0.2, 0.25) is 0 Å². The van der Waals surface area contributed by atoms with Crippen LogP contribution >= 0.6 is 0 Å². The van der Waals surface area contributed by atoms with Crippen LogP contribution < -0.4 is 10.9 Å². The molecule has 2 N–H and O–H groups in total. The van der Waals surface area contributed by atoms with Gasteiger partial charge in [-0.05, 0) is 18.4 Å². The minimum atomic E-state index is -0.365. The number of hydrogen-bond acceptors (Lipinski definition) is 3. The van der Waals surface area contributed by atoms with Crippen molar-refractivity contribution in [1.29, 1.82) is 0 Å². The quantitative estimate of drug-likeness (QED) is 0.912. The Morgan fingerprint density at radius 1 is 1.14 bits per heavy atom. The fourth-order valence-electron chi connectivity index (χ4n) is 3.14. The van der Waals surface area contributed by atoms with Crippen molar-refractivity contribution in [3.05, 3.63) is 64.3 Å². The Labute approximate surface area is 128 Å². The van der Waals surface area contributed by atoms with Gasteiger partial charge in [-0.3, -0.25) is 14.6 Å². The third-order valence-corrected chi connectivity index (χ3v) is 4.21. The minimum Gasteiger partial charge on any atom is -0.347 e. The van der Waals surface area contributed by atoms with Crippen molar-refractivity contribution in [2.75, 3.05) is 0 Å². The topological polar surface area (TPSA) is 74.8 Å². The van der Waals surface area contributed by atoms with Crippen molar-refractivity contribution in [2.45, 2.75) is 37.6 Å². The SMILES string of the molecule is O=C(N[C@@H]1CCCC[C@H]1c1ccccc1)c1cncc(=O)[nH]1. The van der Waals surface area contributed by atoms with Crippen LogP contribution in [0.3, 0.4) is 0 Å². The Morgan fingerprint density at radius 3 is 2.68 bits per heavy atom. The van der Waals surface area contributed by atoms with E-state index < -0.39 is 0 Å². The van der Waals surface area contributed by atoms with Crippen molar-refractivity contribution in [3.8, 4) is 0 Å². The zero-order valence-electron chi connectivity index (χ0n) is 12.3. The zero-order chi connectivity index (χ0) is 15.4. The average molecular weight is 297 g/mol. The first-order valence-electron chi connectivity index (χ1n) is 7.64. The van der Waals surface area contributed by atoms with Crippen LogP contribution in [0.4, 0.5) is 0 Å². The van der Waals surface area contributed by atoms with Crippen LogP contribution in [0.1, 0.15) is 47.7 Å². The smallest absolute Gasteiger partial charge is 0.269 e. The molecule has 1 aliphatic carbocycles. The Hall–Kier alpha value is -2.43. The summed E-state index contributed by atoms with van der Waals surface area (Å²) >= 11 is 0. The van der Waals surface area contributed by atoms with E-state index in [9.17, 15) is 9.59 Å². The van der Waals surface area contributed by atoms with Crippen molar-refractivity contribution >= 4 is 5.91 Å². The molecule has 0 unspecified atom stereocenters. The van der Waals surface area contributed by atoms with Gasteiger partial charge in [0, 0.05) is 12.0 Å². The molecule has 1 heterocycles. The summed E-state index contributed by atoms with van der Waals surface area (Å²) in [5.41, 5.74) is 1.10. The highest BCUT2D eigenvalue weighted by molar-refractivity contribution is 5.92. The molecule has 0 aliphatic heterocycles. The maximum absolute atomic E-state index is 12.3. The van der Waals surface area contributed by atoms with E-state index in [0.29, 0.717) is 5.92 Å². The molecule has 0 bridgehead atoms. The molecule has 22 heavy (non-hydrogen) atoms. The van der Waals surface area contributed by atoms with E-state index in [4.69, 9.17) is 0 Å². The summed E-state index contributed by atoms with van der Waals surface area (Å²) in [4.78, 5) is 29.9. The van der Waals surface area contributed by atoms with Crippen LogP contribution in [0.2, 0.25) is 0 Å². The highest BCUT2D eigenvalue weighted by Crippen LogP contribution is 2.33. The summed E-state index contributed by atoms with van der Waals surface area (Å²) in [6.45, 7) is 0. The van der Waals surface area contributed by atoms with Gasteiger partial charge < -0.3 is 10.3 Å². The van der Waals surface area contributed by atoms with Gasteiger partial charge in [0.05, 0.1) is 12.4 Å². The van der Waals surface area contributed by atoms with Crippen LogP contribution in [-0.4, -0.2) is 21.9 Å². The van der Waals surface area contributed by atoms with E-state index in [1.165, 1.54) is 18.2 Å². The van der Waals surface area contributed by atoms with Gasteiger partial charge >= 0.3 is 0 Å². The second kappa shape index (κ2) is 6.56. The molecule has 5 heteroatoms. The molecule has 1 saturated carbocycles. The lowest BCUT2D eigenvalue weighted by Crippen LogP contribution is -2.41. The third-order valence-electron chi connectivity index (χ3n) is 4.21. The van der Waals surface area contributed by atoms with Gasteiger partial charge in [-0.25, -0.2) is 0 Å². The molecule has 1 aromatic carbocycles. The zero-order valence-corrected chi connectivity index (χ0v) is 12.3. The summed E-state index contributed by atoms with van der Waals surface area (Å²) < 4.78 is 0. The highest BCUT2D eigenvalue weighted by Gasteiger charge is 2.28. The first-order valence-corrected chi connectivity index (χ1v) is 7.64. The maximum atomic E-state index is 12.3. The summed E-state index contributed by atoms with van der Waals surface area (Å²) in [6.07, 6.45) is 6.85. The molecular weight excluding hydrogens is 278 g/mol. The largest absolute Gasteiger partial charge is 0.347 e.